The average Bonchev–Trinajstić information content (AvgIpc) is 2.80. The molecule has 0 aliphatic carbocycles. The first-order chi connectivity index (χ1) is 8.81. The number of fused-ring (bicyclic) bond motifs is 1. The Morgan fingerprint density at radius 3 is 3.05 bits per heavy atom. The summed E-state index contributed by atoms with van der Waals surface area (Å²) in [6.45, 7) is 3.42. The number of nitrogens with one attached hydrogen (secondary N) is 1. The molecule has 104 valence electrons. The van der Waals surface area contributed by atoms with Gasteiger partial charge in [-0.25, -0.2) is 4.99 Å². The summed E-state index contributed by atoms with van der Waals surface area (Å²) < 4.78 is 1.91. The van der Waals surface area contributed by atoms with Crippen LogP contribution in [0.1, 0.15) is 25.6 Å². The smallest absolute Gasteiger partial charge is 0.189 e. The highest BCUT2D eigenvalue weighted by Gasteiger charge is 2.03. The molecule has 3 N–H and O–H groups in total. The Bertz CT molecular complexity index is 536. The van der Waals surface area contributed by atoms with E-state index in [1.165, 1.54) is 0 Å². The molecule has 0 unspecified atom stereocenters. The molecule has 0 amide bonds. The Hall–Kier alpha value is -1.38. The number of aliphatic imine (C=N–C) groups is 1. The van der Waals surface area contributed by atoms with Gasteiger partial charge < -0.3 is 11.1 Å². The van der Waals surface area contributed by atoms with E-state index in [2.05, 4.69) is 27.4 Å². The molecular formula is C12H19IN6. The predicted octanol–water partition coefficient (Wildman–Crippen LogP) is 1.55. The number of rotatable bonds is 5. The van der Waals surface area contributed by atoms with Crippen LogP contribution in [0.15, 0.2) is 29.4 Å². The molecule has 0 spiro atoms. The number of guanidine groups is 1. The third-order valence-electron chi connectivity index (χ3n) is 2.61. The quantitative estimate of drug-likeness (QED) is 0.360. The molecule has 2 aromatic rings. The lowest BCUT2D eigenvalue weighted by Crippen LogP contribution is -2.32. The molecular weight excluding hydrogens is 355 g/mol. The number of hydrogen-bond acceptors (Lipinski definition) is 3. The standard InChI is InChI=1S/C12H18N6.HI/c1-2-3-7-14-12(13)15-9-11-17-16-10-6-4-5-8-18(10)11;/h4-6,8H,2-3,7,9H2,1H3,(H3,13,14,15);1H. The molecule has 0 aliphatic heterocycles. The number of pyridine rings is 1. The fourth-order valence-electron chi connectivity index (χ4n) is 1.60. The zero-order valence-electron chi connectivity index (χ0n) is 10.9. The molecule has 0 bridgehead atoms. The minimum absolute atomic E-state index is 0. The van der Waals surface area contributed by atoms with Crippen molar-refractivity contribution in [2.24, 2.45) is 10.7 Å². The highest BCUT2D eigenvalue weighted by molar-refractivity contribution is 14.0. The van der Waals surface area contributed by atoms with E-state index >= 15 is 0 Å². The molecule has 19 heavy (non-hydrogen) atoms. The van der Waals surface area contributed by atoms with Crippen LogP contribution in [0.2, 0.25) is 0 Å². The normalized spacial score (nSPS) is 11.3. The van der Waals surface area contributed by atoms with E-state index in [4.69, 9.17) is 5.73 Å². The summed E-state index contributed by atoms with van der Waals surface area (Å²) >= 11 is 0. The first-order valence-corrected chi connectivity index (χ1v) is 6.13. The Morgan fingerprint density at radius 2 is 2.26 bits per heavy atom. The van der Waals surface area contributed by atoms with Crippen molar-refractivity contribution in [3.05, 3.63) is 30.2 Å². The zero-order valence-corrected chi connectivity index (χ0v) is 13.2. The second-order valence-corrected chi connectivity index (χ2v) is 4.03. The van der Waals surface area contributed by atoms with Gasteiger partial charge in [0, 0.05) is 12.7 Å². The molecule has 2 rings (SSSR count). The summed E-state index contributed by atoms with van der Waals surface area (Å²) in [6, 6.07) is 5.77. The highest BCUT2D eigenvalue weighted by atomic mass is 127. The molecule has 2 heterocycles. The van der Waals surface area contributed by atoms with Crippen molar-refractivity contribution in [3.63, 3.8) is 0 Å². The van der Waals surface area contributed by atoms with E-state index in [0.29, 0.717) is 12.5 Å². The molecule has 0 saturated heterocycles. The minimum atomic E-state index is 0. The van der Waals surface area contributed by atoms with Crippen molar-refractivity contribution in [3.8, 4) is 0 Å². The van der Waals surface area contributed by atoms with Crippen molar-refractivity contribution in [2.45, 2.75) is 26.3 Å². The van der Waals surface area contributed by atoms with Crippen LogP contribution in [0.5, 0.6) is 0 Å². The van der Waals surface area contributed by atoms with Gasteiger partial charge >= 0.3 is 0 Å². The van der Waals surface area contributed by atoms with E-state index in [-0.39, 0.29) is 24.0 Å². The van der Waals surface area contributed by atoms with E-state index < -0.39 is 0 Å². The third kappa shape index (κ3) is 4.34. The third-order valence-corrected chi connectivity index (χ3v) is 2.61. The topological polar surface area (TPSA) is 80.6 Å². The maximum Gasteiger partial charge on any atom is 0.189 e. The number of aromatic nitrogens is 3. The summed E-state index contributed by atoms with van der Waals surface area (Å²) in [5.41, 5.74) is 6.58. The monoisotopic (exact) mass is 374 g/mol. The lowest BCUT2D eigenvalue weighted by atomic mass is 10.3. The summed E-state index contributed by atoms with van der Waals surface area (Å²) in [6.07, 6.45) is 4.14. The maximum absolute atomic E-state index is 5.76. The lowest BCUT2D eigenvalue weighted by Gasteiger charge is -2.03. The van der Waals surface area contributed by atoms with Gasteiger partial charge in [-0.15, -0.1) is 34.2 Å². The van der Waals surface area contributed by atoms with Crippen LogP contribution in [0.3, 0.4) is 0 Å². The van der Waals surface area contributed by atoms with Crippen LogP contribution in [-0.4, -0.2) is 27.1 Å². The van der Waals surface area contributed by atoms with Crippen molar-refractivity contribution in [1.82, 2.24) is 19.9 Å². The molecule has 6 nitrogen and oxygen atoms in total. The summed E-state index contributed by atoms with van der Waals surface area (Å²) in [5, 5.41) is 11.2. The van der Waals surface area contributed by atoms with Crippen LogP contribution < -0.4 is 11.1 Å². The van der Waals surface area contributed by atoms with Crippen molar-refractivity contribution in [2.75, 3.05) is 6.54 Å². The van der Waals surface area contributed by atoms with Crippen molar-refractivity contribution in [1.29, 1.82) is 0 Å². The van der Waals surface area contributed by atoms with Gasteiger partial charge in [0.15, 0.2) is 17.4 Å². The number of hydrogen-bond donors (Lipinski definition) is 2. The van der Waals surface area contributed by atoms with Crippen LogP contribution in [0, 0.1) is 0 Å². The van der Waals surface area contributed by atoms with Crippen LogP contribution >= 0.6 is 24.0 Å². The second kappa shape index (κ2) is 7.93. The van der Waals surface area contributed by atoms with Gasteiger partial charge in [-0.3, -0.25) is 4.40 Å². The number of unbranched alkanes of at least 4 members (excludes halogenated alkanes) is 1. The Morgan fingerprint density at radius 1 is 1.42 bits per heavy atom. The van der Waals surface area contributed by atoms with Crippen LogP contribution in [0.4, 0.5) is 0 Å². The fraction of sp³-hybridized carbons (Fsp3) is 0.417. The molecule has 2 aromatic heterocycles. The molecule has 0 fully saturated rings. The summed E-state index contributed by atoms with van der Waals surface area (Å²) in [7, 11) is 0. The van der Waals surface area contributed by atoms with Gasteiger partial charge in [0.2, 0.25) is 0 Å². The van der Waals surface area contributed by atoms with E-state index in [1.807, 2.05) is 28.8 Å². The van der Waals surface area contributed by atoms with E-state index in [1.54, 1.807) is 0 Å². The van der Waals surface area contributed by atoms with Gasteiger partial charge in [0.25, 0.3) is 0 Å². The number of halogens is 1. The first-order valence-electron chi connectivity index (χ1n) is 6.13. The SMILES string of the molecule is CCCCNC(N)=NCc1nnc2ccccn12.I. The average molecular weight is 374 g/mol. The zero-order chi connectivity index (χ0) is 12.8. The molecule has 0 saturated carbocycles. The Balaban J connectivity index is 0.00000180. The molecule has 0 aliphatic rings. The van der Waals surface area contributed by atoms with E-state index in [0.717, 1.165) is 30.9 Å². The van der Waals surface area contributed by atoms with Gasteiger partial charge in [-0.2, -0.15) is 0 Å². The van der Waals surface area contributed by atoms with Gasteiger partial charge in [-0.05, 0) is 18.6 Å². The fourth-order valence-corrected chi connectivity index (χ4v) is 1.60. The van der Waals surface area contributed by atoms with Gasteiger partial charge in [0.1, 0.15) is 6.54 Å². The molecule has 0 radical (unpaired) electrons. The maximum atomic E-state index is 5.76. The Labute approximate surface area is 129 Å². The first kappa shape index (κ1) is 15.7. The van der Waals surface area contributed by atoms with Crippen LogP contribution in [0.25, 0.3) is 5.65 Å². The Kier molecular flexibility index (Phi) is 6.54. The molecule has 0 aromatic carbocycles. The van der Waals surface area contributed by atoms with E-state index in [9.17, 15) is 0 Å². The molecule has 7 heteroatoms. The summed E-state index contributed by atoms with van der Waals surface area (Å²) in [4.78, 5) is 4.25. The van der Waals surface area contributed by atoms with Gasteiger partial charge in [-0.1, -0.05) is 19.4 Å². The van der Waals surface area contributed by atoms with Crippen LogP contribution in [-0.2, 0) is 6.54 Å². The highest BCUT2D eigenvalue weighted by Crippen LogP contribution is 2.03. The minimum Gasteiger partial charge on any atom is -0.370 e. The lowest BCUT2D eigenvalue weighted by molar-refractivity contribution is 0.746. The summed E-state index contributed by atoms with van der Waals surface area (Å²) in [5.74, 6) is 1.24. The van der Waals surface area contributed by atoms with Gasteiger partial charge in [0.05, 0.1) is 0 Å². The number of nitrogens with zero attached hydrogens (tertiary/aromatic N) is 4. The predicted molar refractivity (Wildman–Crippen MR) is 86.6 cm³/mol. The van der Waals surface area contributed by atoms with Crippen molar-refractivity contribution < 1.29 is 0 Å². The number of nitrogens with two attached hydrogens (primary N) is 1. The second-order valence-electron chi connectivity index (χ2n) is 4.03. The molecule has 0 atom stereocenters. The van der Waals surface area contributed by atoms with Crippen molar-refractivity contribution >= 4 is 35.6 Å². The largest absolute Gasteiger partial charge is 0.370 e.